The van der Waals surface area contributed by atoms with E-state index >= 15 is 0 Å². The van der Waals surface area contributed by atoms with Crippen LogP contribution in [0.15, 0.2) is 29.5 Å². The maximum Gasteiger partial charge on any atom is 0.207 e. The Morgan fingerprint density at radius 3 is 2.17 bits per heavy atom. The van der Waals surface area contributed by atoms with Crippen LogP contribution < -0.4 is 10.8 Å². The van der Waals surface area contributed by atoms with Gasteiger partial charge < -0.3 is 15.6 Å². The van der Waals surface area contributed by atoms with Crippen molar-refractivity contribution >= 4 is 11.8 Å². The van der Waals surface area contributed by atoms with Crippen LogP contribution in [0.2, 0.25) is 0 Å². The zero-order chi connectivity index (χ0) is 21.2. The summed E-state index contributed by atoms with van der Waals surface area (Å²) in [5, 5.41) is 11.1. The van der Waals surface area contributed by atoms with Gasteiger partial charge in [-0.05, 0) is 25.7 Å². The second-order valence-electron chi connectivity index (χ2n) is 8.25. The maximum absolute atomic E-state index is 11.1. The first-order valence-corrected chi connectivity index (χ1v) is 11.8. The molecule has 0 fully saturated rings. The molecule has 1 aliphatic rings. The molecule has 5 nitrogen and oxygen atoms in total. The standard InChI is InChI=1S/C24H43N3O2/c1-2-3-4-5-6-7-8-9-10-11-12-13-14-15-16-17-23-26-19-21-27(23,20-18-25)22-24(28)29/h4-5,19,21H,2-3,6-18,20,22,25H2,1H3/b5-4+. The SMILES string of the molecule is CCC/C=C/CCCCCCCCCCCCC1=NC=C[N+]1(CCN)CC(=O)[O-]. The molecule has 0 aromatic carbocycles. The van der Waals surface area contributed by atoms with Gasteiger partial charge in [0, 0.05) is 13.0 Å². The summed E-state index contributed by atoms with van der Waals surface area (Å²) in [5.41, 5.74) is 5.70. The molecule has 0 bridgehead atoms. The predicted octanol–water partition coefficient (Wildman–Crippen LogP) is 4.43. The second kappa shape index (κ2) is 16.3. The van der Waals surface area contributed by atoms with Crippen LogP contribution in [0.4, 0.5) is 0 Å². The predicted molar refractivity (Wildman–Crippen MR) is 120 cm³/mol. The molecule has 1 rings (SSSR count). The summed E-state index contributed by atoms with van der Waals surface area (Å²) < 4.78 is 0.243. The molecule has 0 amide bonds. The Morgan fingerprint density at radius 2 is 1.59 bits per heavy atom. The zero-order valence-electron chi connectivity index (χ0n) is 18.6. The van der Waals surface area contributed by atoms with Crippen molar-refractivity contribution in [2.45, 2.75) is 96.8 Å². The van der Waals surface area contributed by atoms with Crippen molar-refractivity contribution in [3.05, 3.63) is 24.6 Å². The normalized spacial score (nSPS) is 18.6. The topological polar surface area (TPSA) is 78.5 Å². The van der Waals surface area contributed by atoms with Gasteiger partial charge in [0.05, 0.1) is 12.2 Å². The number of nitrogens with two attached hydrogens (primary N) is 1. The van der Waals surface area contributed by atoms with E-state index in [0.29, 0.717) is 13.1 Å². The third-order valence-corrected chi connectivity index (χ3v) is 5.67. The van der Waals surface area contributed by atoms with Crippen molar-refractivity contribution < 1.29 is 14.4 Å². The number of hydrogen-bond donors (Lipinski definition) is 1. The van der Waals surface area contributed by atoms with Crippen LogP contribution in [-0.4, -0.2) is 35.9 Å². The fraction of sp³-hybridized carbons (Fsp3) is 0.750. The van der Waals surface area contributed by atoms with Crippen molar-refractivity contribution in [1.82, 2.24) is 0 Å². The van der Waals surface area contributed by atoms with E-state index in [4.69, 9.17) is 5.73 Å². The molecule has 29 heavy (non-hydrogen) atoms. The lowest BCUT2D eigenvalue weighted by Gasteiger charge is -2.32. The van der Waals surface area contributed by atoms with E-state index in [-0.39, 0.29) is 11.0 Å². The van der Waals surface area contributed by atoms with E-state index in [1.165, 1.54) is 77.0 Å². The Bertz CT molecular complexity index is 528. The van der Waals surface area contributed by atoms with Crippen LogP contribution in [-0.2, 0) is 4.79 Å². The highest BCUT2D eigenvalue weighted by atomic mass is 16.4. The van der Waals surface area contributed by atoms with Crippen LogP contribution in [0.5, 0.6) is 0 Å². The van der Waals surface area contributed by atoms with Crippen LogP contribution in [0.1, 0.15) is 96.8 Å². The number of unbranched alkanes of at least 4 members (excludes halogenated alkanes) is 11. The van der Waals surface area contributed by atoms with E-state index in [0.717, 1.165) is 18.7 Å². The van der Waals surface area contributed by atoms with Gasteiger partial charge in [-0.1, -0.05) is 76.9 Å². The van der Waals surface area contributed by atoms with E-state index in [1.54, 1.807) is 6.20 Å². The van der Waals surface area contributed by atoms with Crippen LogP contribution in [0.25, 0.3) is 0 Å². The summed E-state index contributed by atoms with van der Waals surface area (Å²) in [7, 11) is 0. The molecule has 0 radical (unpaired) electrons. The van der Waals surface area contributed by atoms with Crippen molar-refractivity contribution in [2.75, 3.05) is 19.6 Å². The van der Waals surface area contributed by atoms with E-state index < -0.39 is 5.97 Å². The summed E-state index contributed by atoms with van der Waals surface area (Å²) in [6, 6.07) is 0. The van der Waals surface area contributed by atoms with Crippen LogP contribution in [0, 0.1) is 0 Å². The van der Waals surface area contributed by atoms with Crippen molar-refractivity contribution in [3.63, 3.8) is 0 Å². The lowest BCUT2D eigenvalue weighted by Crippen LogP contribution is -2.55. The van der Waals surface area contributed by atoms with Gasteiger partial charge in [-0.15, -0.1) is 0 Å². The molecule has 0 aliphatic carbocycles. The van der Waals surface area contributed by atoms with Gasteiger partial charge in [-0.2, -0.15) is 0 Å². The average molecular weight is 406 g/mol. The van der Waals surface area contributed by atoms with Gasteiger partial charge >= 0.3 is 0 Å². The third kappa shape index (κ3) is 11.3. The van der Waals surface area contributed by atoms with Crippen LogP contribution >= 0.6 is 0 Å². The molecule has 1 aliphatic heterocycles. The second-order valence-corrected chi connectivity index (χ2v) is 8.25. The van der Waals surface area contributed by atoms with Crippen molar-refractivity contribution in [3.8, 4) is 0 Å². The quantitative estimate of drug-likeness (QED) is 0.196. The maximum atomic E-state index is 11.1. The fourth-order valence-electron chi connectivity index (χ4n) is 3.98. The minimum Gasteiger partial charge on any atom is -0.544 e. The summed E-state index contributed by atoms with van der Waals surface area (Å²) in [6.45, 7) is 3.16. The van der Waals surface area contributed by atoms with Gasteiger partial charge in [0.2, 0.25) is 5.84 Å². The van der Waals surface area contributed by atoms with Gasteiger partial charge in [0.15, 0.2) is 0 Å². The summed E-state index contributed by atoms with van der Waals surface area (Å²) >= 11 is 0. The van der Waals surface area contributed by atoms with E-state index in [9.17, 15) is 9.90 Å². The lowest BCUT2D eigenvalue weighted by atomic mass is 10.0. The van der Waals surface area contributed by atoms with Crippen molar-refractivity contribution in [2.24, 2.45) is 10.7 Å². The molecule has 0 spiro atoms. The zero-order valence-corrected chi connectivity index (χ0v) is 18.6. The minimum absolute atomic E-state index is 0.0679. The lowest BCUT2D eigenvalue weighted by molar-refractivity contribution is -0.780. The number of amidine groups is 1. The number of carboxylic acids is 1. The minimum atomic E-state index is -1.05. The number of rotatable bonds is 19. The Balaban J connectivity index is 2.01. The van der Waals surface area contributed by atoms with E-state index in [2.05, 4.69) is 24.1 Å². The number of carboxylic acid groups (broad SMARTS) is 1. The molecule has 1 atom stereocenters. The number of quaternary nitrogens is 1. The molecule has 0 aromatic rings. The van der Waals surface area contributed by atoms with Gasteiger partial charge in [0.25, 0.3) is 0 Å². The molecule has 1 unspecified atom stereocenters. The summed E-state index contributed by atoms with van der Waals surface area (Å²) in [6.07, 6.45) is 25.7. The molecule has 166 valence electrons. The summed E-state index contributed by atoms with van der Waals surface area (Å²) in [5.74, 6) is -0.130. The first kappa shape index (κ1) is 25.6. The number of nitrogens with zero attached hydrogens (tertiary/aromatic N) is 2. The Hall–Kier alpha value is -1.46. The highest BCUT2D eigenvalue weighted by Gasteiger charge is 2.34. The Kier molecular flexibility index (Phi) is 14.4. The highest BCUT2D eigenvalue weighted by molar-refractivity contribution is 5.80. The summed E-state index contributed by atoms with van der Waals surface area (Å²) in [4.78, 5) is 15.6. The molecule has 2 N–H and O–H groups in total. The van der Waals surface area contributed by atoms with Gasteiger partial charge in [0.1, 0.15) is 19.3 Å². The molecule has 1 heterocycles. The Morgan fingerprint density at radius 1 is 1.00 bits per heavy atom. The number of carbonyl (C=O) groups excluding carboxylic acids is 1. The third-order valence-electron chi connectivity index (χ3n) is 5.67. The van der Waals surface area contributed by atoms with Crippen molar-refractivity contribution in [1.29, 1.82) is 0 Å². The average Bonchev–Trinajstić information content (AvgIpc) is 3.06. The number of aliphatic imine (C=N–C) groups is 1. The monoisotopic (exact) mass is 405 g/mol. The molecule has 0 aromatic heterocycles. The molecule has 0 saturated heterocycles. The fourth-order valence-corrected chi connectivity index (χ4v) is 3.98. The van der Waals surface area contributed by atoms with E-state index in [1.807, 2.05) is 6.20 Å². The van der Waals surface area contributed by atoms with Gasteiger partial charge in [-0.25, -0.2) is 9.48 Å². The number of allylic oxidation sites excluding steroid dienone is 2. The molecular formula is C24H43N3O2. The molecule has 0 saturated carbocycles. The number of hydrogen-bond acceptors (Lipinski definition) is 4. The largest absolute Gasteiger partial charge is 0.544 e. The number of aliphatic carboxylic acids is 1. The van der Waals surface area contributed by atoms with Gasteiger partial charge in [-0.3, -0.25) is 0 Å². The Labute approximate surface area is 178 Å². The highest BCUT2D eigenvalue weighted by Crippen LogP contribution is 2.21. The first-order chi connectivity index (χ1) is 14.1. The first-order valence-electron chi connectivity index (χ1n) is 11.8. The smallest absolute Gasteiger partial charge is 0.207 e. The van der Waals surface area contributed by atoms with Crippen LogP contribution in [0.3, 0.4) is 0 Å². The molecule has 5 heteroatoms. The number of carbonyl (C=O) groups is 1. The molecular weight excluding hydrogens is 362 g/mol.